The molecule has 2 heterocycles. The van der Waals surface area contributed by atoms with Crippen LogP contribution >= 0.6 is 11.6 Å². The molecule has 0 aliphatic rings. The van der Waals surface area contributed by atoms with Crippen LogP contribution in [0.4, 0.5) is 4.39 Å². The first-order valence-electron chi connectivity index (χ1n) is 6.75. The van der Waals surface area contributed by atoms with Gasteiger partial charge >= 0.3 is 0 Å². The second-order valence-corrected chi connectivity index (χ2v) is 5.33. The zero-order valence-electron chi connectivity index (χ0n) is 11.6. The van der Waals surface area contributed by atoms with Crippen molar-refractivity contribution in [3.05, 3.63) is 70.9 Å². The summed E-state index contributed by atoms with van der Waals surface area (Å²) in [6.07, 6.45) is 3.61. The number of benzene rings is 1. The summed E-state index contributed by atoms with van der Waals surface area (Å²) < 4.78 is 15.2. The lowest BCUT2D eigenvalue weighted by Gasteiger charge is -2.05. The van der Waals surface area contributed by atoms with Gasteiger partial charge in [-0.15, -0.1) is 0 Å². The van der Waals surface area contributed by atoms with Crippen LogP contribution in [0.15, 0.2) is 48.8 Å². The maximum atomic E-state index is 13.5. The SMILES string of the molecule is O=C(Cc1cn2cc(Cl)ccc2n1)NCc1ccccc1F. The number of nitrogens with zero attached hydrogens (tertiary/aromatic N) is 2. The lowest BCUT2D eigenvalue weighted by molar-refractivity contribution is -0.120. The number of carbonyl (C=O) groups excluding carboxylic acids is 1. The van der Waals surface area contributed by atoms with Gasteiger partial charge < -0.3 is 9.72 Å². The summed E-state index contributed by atoms with van der Waals surface area (Å²) in [5, 5.41) is 3.29. The summed E-state index contributed by atoms with van der Waals surface area (Å²) in [6, 6.07) is 9.88. The second kappa shape index (κ2) is 6.15. The van der Waals surface area contributed by atoms with Gasteiger partial charge in [0.05, 0.1) is 17.1 Å². The number of hydrogen-bond donors (Lipinski definition) is 1. The van der Waals surface area contributed by atoms with Crippen LogP contribution in [0.1, 0.15) is 11.3 Å². The van der Waals surface area contributed by atoms with Crippen LogP contribution in [0.2, 0.25) is 5.02 Å². The zero-order chi connectivity index (χ0) is 15.5. The van der Waals surface area contributed by atoms with E-state index in [4.69, 9.17) is 11.6 Å². The number of fused-ring (bicyclic) bond motifs is 1. The van der Waals surface area contributed by atoms with Crippen molar-refractivity contribution >= 4 is 23.2 Å². The summed E-state index contributed by atoms with van der Waals surface area (Å²) in [7, 11) is 0. The number of amides is 1. The molecule has 0 unspecified atom stereocenters. The highest BCUT2D eigenvalue weighted by Crippen LogP contribution is 2.12. The Labute approximate surface area is 131 Å². The van der Waals surface area contributed by atoms with Crippen molar-refractivity contribution < 1.29 is 9.18 Å². The molecular formula is C16H13ClFN3O. The average Bonchev–Trinajstić information content (AvgIpc) is 2.87. The minimum Gasteiger partial charge on any atom is -0.352 e. The fourth-order valence-corrected chi connectivity index (χ4v) is 2.33. The van der Waals surface area contributed by atoms with Gasteiger partial charge in [0, 0.05) is 24.5 Å². The molecule has 6 heteroatoms. The molecule has 1 aromatic carbocycles. The van der Waals surface area contributed by atoms with Crippen molar-refractivity contribution in [3.8, 4) is 0 Å². The van der Waals surface area contributed by atoms with E-state index in [9.17, 15) is 9.18 Å². The number of imidazole rings is 1. The van der Waals surface area contributed by atoms with E-state index < -0.39 is 0 Å². The molecule has 0 bridgehead atoms. The van der Waals surface area contributed by atoms with Gasteiger partial charge in [0.2, 0.25) is 5.91 Å². The van der Waals surface area contributed by atoms with E-state index in [1.165, 1.54) is 6.07 Å². The first-order chi connectivity index (χ1) is 10.6. The van der Waals surface area contributed by atoms with E-state index in [0.29, 0.717) is 16.3 Å². The van der Waals surface area contributed by atoms with Crippen LogP contribution in [-0.4, -0.2) is 15.3 Å². The Morgan fingerprint density at radius 2 is 2.05 bits per heavy atom. The van der Waals surface area contributed by atoms with Crippen molar-refractivity contribution in [2.75, 3.05) is 0 Å². The lowest BCUT2D eigenvalue weighted by Crippen LogP contribution is -2.25. The molecule has 1 N–H and O–H groups in total. The number of aromatic nitrogens is 2. The summed E-state index contributed by atoms with van der Waals surface area (Å²) in [6.45, 7) is 0.157. The van der Waals surface area contributed by atoms with E-state index in [1.807, 2.05) is 0 Å². The highest BCUT2D eigenvalue weighted by atomic mass is 35.5. The quantitative estimate of drug-likeness (QED) is 0.804. The van der Waals surface area contributed by atoms with Gasteiger partial charge in [0.25, 0.3) is 0 Å². The van der Waals surface area contributed by atoms with Crippen LogP contribution in [0.5, 0.6) is 0 Å². The minimum absolute atomic E-state index is 0.133. The standard InChI is InChI=1S/C16H13ClFN3O/c17-12-5-6-15-20-13(10-21(15)9-12)7-16(22)19-8-11-3-1-2-4-14(11)18/h1-6,9-10H,7-8H2,(H,19,22). The Morgan fingerprint density at radius 1 is 1.23 bits per heavy atom. The van der Waals surface area contributed by atoms with E-state index >= 15 is 0 Å². The van der Waals surface area contributed by atoms with Crippen LogP contribution in [-0.2, 0) is 17.8 Å². The summed E-state index contributed by atoms with van der Waals surface area (Å²) in [4.78, 5) is 16.3. The maximum absolute atomic E-state index is 13.5. The highest BCUT2D eigenvalue weighted by molar-refractivity contribution is 6.30. The molecule has 0 radical (unpaired) electrons. The molecule has 3 aromatic rings. The van der Waals surface area contributed by atoms with Gasteiger partial charge in [-0.1, -0.05) is 29.8 Å². The molecule has 1 amide bonds. The predicted octanol–water partition coefficient (Wildman–Crippen LogP) is 2.99. The first kappa shape index (κ1) is 14.5. The molecule has 112 valence electrons. The Kier molecular flexibility index (Phi) is 4.06. The normalized spacial score (nSPS) is 10.8. The van der Waals surface area contributed by atoms with E-state index in [1.54, 1.807) is 47.1 Å². The molecule has 22 heavy (non-hydrogen) atoms. The number of hydrogen-bond acceptors (Lipinski definition) is 2. The zero-order valence-corrected chi connectivity index (χ0v) is 12.3. The van der Waals surface area contributed by atoms with Crippen molar-refractivity contribution in [3.63, 3.8) is 0 Å². The number of halogens is 2. The van der Waals surface area contributed by atoms with Gasteiger partial charge in [-0.3, -0.25) is 4.79 Å². The van der Waals surface area contributed by atoms with Gasteiger partial charge in [-0.2, -0.15) is 0 Å². The molecule has 0 aliphatic heterocycles. The van der Waals surface area contributed by atoms with Crippen molar-refractivity contribution in [1.82, 2.24) is 14.7 Å². The third kappa shape index (κ3) is 3.26. The van der Waals surface area contributed by atoms with Crippen LogP contribution in [0, 0.1) is 5.82 Å². The molecule has 2 aromatic heterocycles. The Hall–Kier alpha value is -2.40. The summed E-state index contributed by atoms with van der Waals surface area (Å²) >= 11 is 5.90. The predicted molar refractivity (Wildman–Crippen MR) is 82.2 cm³/mol. The average molecular weight is 318 g/mol. The number of nitrogens with one attached hydrogen (secondary N) is 1. The van der Waals surface area contributed by atoms with Crippen molar-refractivity contribution in [1.29, 1.82) is 0 Å². The minimum atomic E-state index is -0.329. The van der Waals surface area contributed by atoms with Gasteiger partial charge in [0.1, 0.15) is 11.5 Å². The molecule has 0 fully saturated rings. The fourth-order valence-electron chi connectivity index (χ4n) is 2.16. The number of pyridine rings is 1. The molecular weight excluding hydrogens is 305 g/mol. The van der Waals surface area contributed by atoms with Gasteiger partial charge in [0.15, 0.2) is 0 Å². The monoisotopic (exact) mass is 317 g/mol. The fraction of sp³-hybridized carbons (Fsp3) is 0.125. The third-order valence-electron chi connectivity index (χ3n) is 3.24. The van der Waals surface area contributed by atoms with Crippen LogP contribution in [0.3, 0.4) is 0 Å². The van der Waals surface area contributed by atoms with Gasteiger partial charge in [-0.25, -0.2) is 9.37 Å². The van der Waals surface area contributed by atoms with Gasteiger partial charge in [-0.05, 0) is 18.2 Å². The Balaban J connectivity index is 1.64. The molecule has 3 rings (SSSR count). The Bertz CT molecular complexity index is 831. The van der Waals surface area contributed by atoms with Crippen molar-refractivity contribution in [2.24, 2.45) is 0 Å². The lowest BCUT2D eigenvalue weighted by atomic mass is 10.2. The largest absolute Gasteiger partial charge is 0.352 e. The van der Waals surface area contributed by atoms with E-state index in [0.717, 1.165) is 5.65 Å². The molecule has 0 atom stereocenters. The number of rotatable bonds is 4. The molecule has 0 saturated carbocycles. The Morgan fingerprint density at radius 3 is 2.86 bits per heavy atom. The third-order valence-corrected chi connectivity index (χ3v) is 3.46. The summed E-state index contributed by atoms with van der Waals surface area (Å²) in [5.41, 5.74) is 1.81. The van der Waals surface area contributed by atoms with Crippen LogP contribution < -0.4 is 5.32 Å². The smallest absolute Gasteiger partial charge is 0.226 e. The maximum Gasteiger partial charge on any atom is 0.226 e. The van der Waals surface area contributed by atoms with E-state index in [-0.39, 0.29) is 24.7 Å². The van der Waals surface area contributed by atoms with E-state index in [2.05, 4.69) is 10.3 Å². The highest BCUT2D eigenvalue weighted by Gasteiger charge is 2.09. The molecule has 0 spiro atoms. The molecule has 0 saturated heterocycles. The first-order valence-corrected chi connectivity index (χ1v) is 7.13. The molecule has 4 nitrogen and oxygen atoms in total. The number of carbonyl (C=O) groups is 1. The van der Waals surface area contributed by atoms with Crippen LogP contribution in [0.25, 0.3) is 5.65 Å². The second-order valence-electron chi connectivity index (χ2n) is 4.89. The topological polar surface area (TPSA) is 46.4 Å². The summed E-state index contributed by atoms with van der Waals surface area (Å²) in [5.74, 6) is -0.539. The molecule has 0 aliphatic carbocycles. The van der Waals surface area contributed by atoms with Crippen molar-refractivity contribution in [2.45, 2.75) is 13.0 Å².